The Morgan fingerprint density at radius 2 is 1.96 bits per heavy atom. The minimum absolute atomic E-state index is 0.140. The van der Waals surface area contributed by atoms with Crippen LogP contribution in [0.1, 0.15) is 11.8 Å². The first kappa shape index (κ1) is 19.7. The summed E-state index contributed by atoms with van der Waals surface area (Å²) in [4.78, 5) is 30.2. The topological polar surface area (TPSA) is 137 Å². The maximum atomic E-state index is 12.1. The van der Waals surface area contributed by atoms with Gasteiger partial charge >= 0.3 is 5.69 Å². The Balaban J connectivity index is 1.95. The summed E-state index contributed by atoms with van der Waals surface area (Å²) in [5.74, 6) is 0. The molecule has 1 aromatic heterocycles. The zero-order chi connectivity index (χ0) is 19.7. The van der Waals surface area contributed by atoms with E-state index >= 15 is 0 Å². The molecule has 4 unspecified atom stereocenters. The lowest BCUT2D eigenvalue weighted by Gasteiger charge is -2.17. The summed E-state index contributed by atoms with van der Waals surface area (Å²) < 4.78 is 6.19. The first-order valence-corrected chi connectivity index (χ1v) is 8.54. The third kappa shape index (κ3) is 3.98. The molecule has 1 aromatic carbocycles. The lowest BCUT2D eigenvalue weighted by Crippen LogP contribution is -2.37. The number of hydrogen-bond donors (Lipinski definition) is 4. The minimum Gasteiger partial charge on any atom is -0.394 e. The van der Waals surface area contributed by atoms with Crippen molar-refractivity contribution in [1.29, 1.82) is 0 Å². The molecule has 1 aliphatic rings. The molecular weight excluding hydrogens is 401 g/mol. The van der Waals surface area contributed by atoms with Gasteiger partial charge in [0.2, 0.25) is 0 Å². The third-order valence-corrected chi connectivity index (χ3v) is 4.78. The number of aliphatic imine (C=N–C) groups is 1. The SMILES string of the molecule is O=c1[nH]c(=O)n(C2OC(CO)C(O)C2O)cc1N=Cc1ccc(Cl)c(Cl)c1. The van der Waals surface area contributed by atoms with Gasteiger partial charge in [-0.3, -0.25) is 14.3 Å². The molecule has 9 nitrogen and oxygen atoms in total. The zero-order valence-electron chi connectivity index (χ0n) is 13.6. The van der Waals surface area contributed by atoms with E-state index < -0.39 is 42.4 Å². The standard InChI is InChI=1S/C16H15Cl2N3O6/c17-8-2-1-7(3-9(8)18)4-19-10-5-21(16(26)20-14(10)25)15-13(24)12(23)11(6-22)27-15/h1-5,11-13,15,22-24H,6H2,(H,20,25,26). The van der Waals surface area contributed by atoms with Crippen molar-refractivity contribution in [2.45, 2.75) is 24.5 Å². The van der Waals surface area contributed by atoms with E-state index in [1.165, 1.54) is 6.21 Å². The van der Waals surface area contributed by atoms with Crippen molar-refractivity contribution < 1.29 is 20.1 Å². The highest BCUT2D eigenvalue weighted by atomic mass is 35.5. The van der Waals surface area contributed by atoms with E-state index in [0.717, 1.165) is 10.8 Å². The van der Waals surface area contributed by atoms with Gasteiger partial charge in [0, 0.05) is 12.4 Å². The fourth-order valence-electron chi connectivity index (χ4n) is 2.60. The van der Waals surface area contributed by atoms with E-state index in [2.05, 4.69) is 9.98 Å². The molecule has 2 heterocycles. The number of ether oxygens (including phenoxy) is 1. The van der Waals surface area contributed by atoms with Crippen molar-refractivity contribution in [2.75, 3.05) is 6.61 Å². The van der Waals surface area contributed by atoms with Crippen molar-refractivity contribution in [2.24, 2.45) is 4.99 Å². The predicted octanol–water partition coefficient (Wildman–Crippen LogP) is 0.206. The van der Waals surface area contributed by atoms with E-state index in [1.807, 2.05) is 0 Å². The van der Waals surface area contributed by atoms with Gasteiger partial charge in [-0.05, 0) is 17.7 Å². The summed E-state index contributed by atoms with van der Waals surface area (Å²) in [6, 6.07) is 4.74. The van der Waals surface area contributed by atoms with Crippen LogP contribution < -0.4 is 11.2 Å². The van der Waals surface area contributed by atoms with Gasteiger partial charge in [-0.1, -0.05) is 29.3 Å². The summed E-state index contributed by atoms with van der Waals surface area (Å²) in [6.07, 6.45) is -2.78. The fourth-order valence-corrected chi connectivity index (χ4v) is 2.91. The van der Waals surface area contributed by atoms with Gasteiger partial charge in [-0.25, -0.2) is 9.79 Å². The minimum atomic E-state index is -1.47. The van der Waals surface area contributed by atoms with Gasteiger partial charge in [0.15, 0.2) is 6.23 Å². The van der Waals surface area contributed by atoms with Crippen LogP contribution >= 0.6 is 23.2 Å². The third-order valence-electron chi connectivity index (χ3n) is 4.04. The van der Waals surface area contributed by atoms with Crippen LogP contribution in [0.25, 0.3) is 0 Å². The lowest BCUT2D eigenvalue weighted by molar-refractivity contribution is -0.0549. The van der Waals surface area contributed by atoms with E-state index in [4.69, 9.17) is 33.0 Å². The Kier molecular flexibility index (Phi) is 5.80. The molecule has 4 N–H and O–H groups in total. The number of hydrogen-bond acceptors (Lipinski definition) is 7. The van der Waals surface area contributed by atoms with Gasteiger partial charge in [0.05, 0.1) is 16.7 Å². The molecular formula is C16H15Cl2N3O6. The summed E-state index contributed by atoms with van der Waals surface area (Å²) >= 11 is 11.8. The quantitative estimate of drug-likeness (QED) is 0.526. The molecule has 3 rings (SSSR count). The molecule has 144 valence electrons. The molecule has 1 saturated heterocycles. The molecule has 11 heteroatoms. The average molecular weight is 416 g/mol. The van der Waals surface area contributed by atoms with Gasteiger partial charge in [0.1, 0.15) is 24.0 Å². The van der Waals surface area contributed by atoms with Crippen molar-refractivity contribution in [3.8, 4) is 0 Å². The van der Waals surface area contributed by atoms with Crippen LogP contribution in [0.5, 0.6) is 0 Å². The van der Waals surface area contributed by atoms with Gasteiger partial charge in [0.25, 0.3) is 5.56 Å². The van der Waals surface area contributed by atoms with Crippen LogP contribution in [-0.2, 0) is 4.74 Å². The van der Waals surface area contributed by atoms with Crippen LogP contribution in [0.2, 0.25) is 10.0 Å². The van der Waals surface area contributed by atoms with E-state index in [9.17, 15) is 19.8 Å². The maximum absolute atomic E-state index is 12.1. The van der Waals surface area contributed by atoms with Crippen molar-refractivity contribution in [1.82, 2.24) is 9.55 Å². The Morgan fingerprint density at radius 1 is 1.22 bits per heavy atom. The number of nitrogens with one attached hydrogen (secondary N) is 1. The summed E-state index contributed by atoms with van der Waals surface area (Å²) in [7, 11) is 0. The Bertz CT molecular complexity index is 989. The van der Waals surface area contributed by atoms with Crippen LogP contribution in [0.4, 0.5) is 5.69 Å². The number of aromatic amines is 1. The Labute approximate surface area is 162 Å². The van der Waals surface area contributed by atoms with Crippen molar-refractivity contribution in [3.05, 3.63) is 60.8 Å². The molecule has 0 bridgehead atoms. The van der Waals surface area contributed by atoms with E-state index in [1.54, 1.807) is 18.2 Å². The number of rotatable bonds is 4. The molecule has 0 amide bonds. The molecule has 2 aromatic rings. The molecule has 0 saturated carbocycles. The second kappa shape index (κ2) is 7.93. The normalized spacial score (nSPS) is 25.4. The second-order valence-electron chi connectivity index (χ2n) is 5.84. The summed E-state index contributed by atoms with van der Waals surface area (Å²) in [5.41, 5.74) is -1.18. The van der Waals surface area contributed by atoms with Crippen LogP contribution in [0, 0.1) is 0 Å². The molecule has 0 aliphatic carbocycles. The van der Waals surface area contributed by atoms with Crippen molar-refractivity contribution >= 4 is 35.1 Å². The number of aliphatic hydroxyl groups excluding tert-OH is 3. The zero-order valence-corrected chi connectivity index (χ0v) is 15.1. The van der Waals surface area contributed by atoms with Gasteiger partial charge in [-0.15, -0.1) is 0 Å². The highest BCUT2D eigenvalue weighted by Crippen LogP contribution is 2.28. The van der Waals surface area contributed by atoms with E-state index in [0.29, 0.717) is 15.6 Å². The lowest BCUT2D eigenvalue weighted by atomic mass is 10.1. The average Bonchev–Trinajstić information content (AvgIpc) is 2.92. The number of halogens is 2. The molecule has 4 atom stereocenters. The van der Waals surface area contributed by atoms with Gasteiger partial charge < -0.3 is 20.1 Å². The van der Waals surface area contributed by atoms with Crippen LogP contribution in [0.15, 0.2) is 39.0 Å². The fraction of sp³-hybridized carbons (Fsp3) is 0.312. The highest BCUT2D eigenvalue weighted by Gasteiger charge is 2.43. The molecule has 27 heavy (non-hydrogen) atoms. The predicted molar refractivity (Wildman–Crippen MR) is 98.0 cm³/mol. The van der Waals surface area contributed by atoms with Gasteiger partial charge in [-0.2, -0.15) is 0 Å². The Morgan fingerprint density at radius 3 is 2.59 bits per heavy atom. The Hall–Kier alpha value is -2.01. The molecule has 1 fully saturated rings. The molecule has 1 aliphatic heterocycles. The highest BCUT2D eigenvalue weighted by molar-refractivity contribution is 6.42. The molecule has 0 radical (unpaired) electrons. The maximum Gasteiger partial charge on any atom is 0.330 e. The largest absolute Gasteiger partial charge is 0.394 e. The van der Waals surface area contributed by atoms with E-state index in [-0.39, 0.29) is 5.69 Å². The van der Waals surface area contributed by atoms with Crippen LogP contribution in [-0.4, -0.2) is 56.0 Å². The number of benzene rings is 1. The second-order valence-corrected chi connectivity index (χ2v) is 6.66. The first-order valence-electron chi connectivity index (χ1n) is 7.79. The van der Waals surface area contributed by atoms with Crippen LogP contribution in [0.3, 0.4) is 0 Å². The smallest absolute Gasteiger partial charge is 0.330 e. The monoisotopic (exact) mass is 415 g/mol. The number of H-pyrrole nitrogens is 1. The van der Waals surface area contributed by atoms with Crippen molar-refractivity contribution in [3.63, 3.8) is 0 Å². The number of nitrogens with zero attached hydrogens (tertiary/aromatic N) is 2. The molecule has 0 spiro atoms. The summed E-state index contributed by atoms with van der Waals surface area (Å²) in [6.45, 7) is -0.546. The first-order chi connectivity index (χ1) is 12.8. The number of aromatic nitrogens is 2. The summed E-state index contributed by atoms with van der Waals surface area (Å²) in [5, 5.41) is 29.7. The number of aliphatic hydroxyl groups is 3.